The highest BCUT2D eigenvalue weighted by Gasteiger charge is 2.20. The third-order valence-electron chi connectivity index (χ3n) is 3.24. The monoisotopic (exact) mass is 283 g/mol. The third-order valence-corrected chi connectivity index (χ3v) is 3.24. The number of aryl methyl sites for hydroxylation is 1. The zero-order valence-electron chi connectivity index (χ0n) is 12.8. The molecule has 0 saturated heterocycles. The summed E-state index contributed by atoms with van der Waals surface area (Å²) in [5, 5.41) is 13.1. The van der Waals surface area contributed by atoms with Crippen molar-refractivity contribution < 1.29 is 14.6 Å². The van der Waals surface area contributed by atoms with Gasteiger partial charge < -0.3 is 9.84 Å². The molecular weight excluding hydrogens is 258 g/mol. The molecule has 0 unspecified atom stereocenters. The van der Waals surface area contributed by atoms with Gasteiger partial charge in [0.05, 0.1) is 18.5 Å². The lowest BCUT2D eigenvalue weighted by molar-refractivity contribution is 0.0522. The second-order valence-electron chi connectivity index (χ2n) is 4.99. The fourth-order valence-corrected chi connectivity index (χ4v) is 2.02. The van der Waals surface area contributed by atoms with E-state index in [0.717, 1.165) is 12.2 Å². The van der Waals surface area contributed by atoms with Gasteiger partial charge in [0, 0.05) is 32.8 Å². The summed E-state index contributed by atoms with van der Waals surface area (Å²) >= 11 is 0. The third kappa shape index (κ3) is 4.31. The number of carbonyl (C=O) groups excluding carboxylic acids is 1. The molecule has 6 heteroatoms. The fraction of sp³-hybridized carbons (Fsp3) is 0.714. The van der Waals surface area contributed by atoms with E-state index >= 15 is 0 Å². The molecule has 0 aromatic carbocycles. The van der Waals surface area contributed by atoms with Crippen LogP contribution < -0.4 is 0 Å². The summed E-state index contributed by atoms with van der Waals surface area (Å²) in [7, 11) is 1.82. The summed E-state index contributed by atoms with van der Waals surface area (Å²) in [5.74, 6) is -0.332. The number of aromatic nitrogens is 2. The van der Waals surface area contributed by atoms with Gasteiger partial charge in [-0.15, -0.1) is 0 Å². The number of ether oxygens (including phenoxy) is 1. The normalized spacial score (nSPS) is 11.3. The summed E-state index contributed by atoms with van der Waals surface area (Å²) in [5.41, 5.74) is 1.36. The fourth-order valence-electron chi connectivity index (χ4n) is 2.02. The summed E-state index contributed by atoms with van der Waals surface area (Å²) in [6.45, 7) is 7.89. The smallest absolute Gasteiger partial charge is 0.341 e. The number of esters is 1. The van der Waals surface area contributed by atoms with Crippen LogP contribution in [0.15, 0.2) is 6.20 Å². The Bertz CT molecular complexity index is 429. The van der Waals surface area contributed by atoms with Crippen molar-refractivity contribution in [3.05, 3.63) is 17.5 Å². The highest BCUT2D eigenvalue weighted by molar-refractivity contribution is 5.90. The van der Waals surface area contributed by atoms with Gasteiger partial charge in [0.15, 0.2) is 0 Å². The maximum absolute atomic E-state index is 11.9. The first kappa shape index (κ1) is 16.7. The zero-order valence-corrected chi connectivity index (χ0v) is 12.8. The van der Waals surface area contributed by atoms with Crippen molar-refractivity contribution >= 4 is 5.97 Å². The van der Waals surface area contributed by atoms with E-state index in [4.69, 9.17) is 9.84 Å². The van der Waals surface area contributed by atoms with Crippen molar-refractivity contribution in [1.82, 2.24) is 14.7 Å². The number of aliphatic hydroxyl groups is 1. The van der Waals surface area contributed by atoms with E-state index in [2.05, 4.69) is 23.8 Å². The van der Waals surface area contributed by atoms with E-state index in [0.29, 0.717) is 31.2 Å². The number of hydrogen-bond donors (Lipinski definition) is 1. The standard InChI is InChI=1S/C14H25N3O3/c1-5-20-14(19)12-9-15-16(4)13(12)10-17(11(2)3)7-6-8-18/h9,11,18H,5-8,10H2,1-4H3. The molecule has 0 bridgehead atoms. The van der Waals surface area contributed by atoms with E-state index in [1.165, 1.54) is 0 Å². The maximum Gasteiger partial charge on any atom is 0.341 e. The van der Waals surface area contributed by atoms with Crippen molar-refractivity contribution in [2.45, 2.75) is 39.8 Å². The molecule has 1 rings (SSSR count). The molecule has 1 aromatic heterocycles. The van der Waals surface area contributed by atoms with Crippen LogP contribution in [-0.4, -0.2) is 51.6 Å². The van der Waals surface area contributed by atoms with E-state index in [9.17, 15) is 4.79 Å². The van der Waals surface area contributed by atoms with Crippen LogP contribution in [0.4, 0.5) is 0 Å². The summed E-state index contributed by atoms with van der Waals surface area (Å²) < 4.78 is 6.76. The van der Waals surface area contributed by atoms with Crippen LogP contribution in [0.2, 0.25) is 0 Å². The molecule has 6 nitrogen and oxygen atoms in total. The molecule has 0 aliphatic heterocycles. The maximum atomic E-state index is 11.9. The van der Waals surface area contributed by atoms with Crippen molar-refractivity contribution in [3.63, 3.8) is 0 Å². The lowest BCUT2D eigenvalue weighted by Crippen LogP contribution is -2.33. The van der Waals surface area contributed by atoms with Crippen LogP contribution in [0.5, 0.6) is 0 Å². The quantitative estimate of drug-likeness (QED) is 0.726. The average molecular weight is 283 g/mol. The van der Waals surface area contributed by atoms with Gasteiger partial charge in [-0.2, -0.15) is 5.10 Å². The number of aliphatic hydroxyl groups excluding tert-OH is 1. The summed E-state index contributed by atoms with van der Waals surface area (Å²) in [4.78, 5) is 14.1. The first-order valence-electron chi connectivity index (χ1n) is 7.04. The minimum Gasteiger partial charge on any atom is -0.462 e. The number of rotatable bonds is 8. The molecule has 1 aromatic rings. The van der Waals surface area contributed by atoms with Crippen molar-refractivity contribution in [2.75, 3.05) is 19.8 Å². The van der Waals surface area contributed by atoms with Crippen molar-refractivity contribution in [2.24, 2.45) is 7.05 Å². The Morgan fingerprint density at radius 3 is 2.80 bits per heavy atom. The van der Waals surface area contributed by atoms with Crippen LogP contribution in [0.3, 0.4) is 0 Å². The molecule has 0 saturated carbocycles. The predicted molar refractivity (Wildman–Crippen MR) is 76.4 cm³/mol. The molecular formula is C14H25N3O3. The SMILES string of the molecule is CCOC(=O)c1cnn(C)c1CN(CCCO)C(C)C. The molecule has 0 atom stereocenters. The molecule has 0 aliphatic carbocycles. The van der Waals surface area contributed by atoms with Gasteiger partial charge >= 0.3 is 5.97 Å². The second-order valence-corrected chi connectivity index (χ2v) is 4.99. The molecule has 114 valence electrons. The van der Waals surface area contributed by atoms with Gasteiger partial charge in [-0.3, -0.25) is 9.58 Å². The summed E-state index contributed by atoms with van der Waals surface area (Å²) in [6, 6.07) is 0.325. The molecule has 0 radical (unpaired) electrons. The van der Waals surface area contributed by atoms with Crippen LogP contribution >= 0.6 is 0 Å². The van der Waals surface area contributed by atoms with Gasteiger partial charge in [-0.05, 0) is 27.2 Å². The number of carbonyl (C=O) groups is 1. The van der Waals surface area contributed by atoms with Crippen LogP contribution in [0.1, 0.15) is 43.2 Å². The van der Waals surface area contributed by atoms with E-state index in [1.54, 1.807) is 17.8 Å². The number of nitrogens with zero attached hydrogens (tertiary/aromatic N) is 3. The van der Waals surface area contributed by atoms with Gasteiger partial charge in [0.2, 0.25) is 0 Å². The molecule has 0 amide bonds. The lowest BCUT2D eigenvalue weighted by Gasteiger charge is -2.26. The lowest BCUT2D eigenvalue weighted by atomic mass is 10.2. The second kappa shape index (κ2) is 8.01. The molecule has 1 heterocycles. The first-order valence-corrected chi connectivity index (χ1v) is 7.04. The van der Waals surface area contributed by atoms with Crippen LogP contribution in [0.25, 0.3) is 0 Å². The Morgan fingerprint density at radius 1 is 1.55 bits per heavy atom. The summed E-state index contributed by atoms with van der Waals surface area (Å²) in [6.07, 6.45) is 2.27. The topological polar surface area (TPSA) is 67.6 Å². The van der Waals surface area contributed by atoms with Gasteiger partial charge in [0.25, 0.3) is 0 Å². The molecule has 0 aliphatic rings. The minimum absolute atomic E-state index is 0.166. The first-order chi connectivity index (χ1) is 9.51. The Hall–Kier alpha value is -1.40. The van der Waals surface area contributed by atoms with Crippen LogP contribution in [-0.2, 0) is 18.3 Å². The largest absolute Gasteiger partial charge is 0.462 e. The van der Waals surface area contributed by atoms with Crippen molar-refractivity contribution in [1.29, 1.82) is 0 Å². The van der Waals surface area contributed by atoms with Gasteiger partial charge in [0.1, 0.15) is 5.56 Å². The Morgan fingerprint density at radius 2 is 2.25 bits per heavy atom. The van der Waals surface area contributed by atoms with E-state index < -0.39 is 0 Å². The minimum atomic E-state index is -0.332. The average Bonchev–Trinajstić information content (AvgIpc) is 2.76. The molecule has 1 N–H and O–H groups in total. The van der Waals surface area contributed by atoms with Gasteiger partial charge in [-0.1, -0.05) is 0 Å². The van der Waals surface area contributed by atoms with Crippen LogP contribution in [0, 0.1) is 0 Å². The Kier molecular flexibility index (Phi) is 6.67. The highest BCUT2D eigenvalue weighted by atomic mass is 16.5. The van der Waals surface area contributed by atoms with Crippen molar-refractivity contribution in [3.8, 4) is 0 Å². The van der Waals surface area contributed by atoms with Gasteiger partial charge in [-0.25, -0.2) is 4.79 Å². The highest BCUT2D eigenvalue weighted by Crippen LogP contribution is 2.14. The van der Waals surface area contributed by atoms with E-state index in [1.807, 2.05) is 7.05 Å². The Labute approximate surface area is 120 Å². The molecule has 0 spiro atoms. The van der Waals surface area contributed by atoms with E-state index in [-0.39, 0.29) is 12.6 Å². The molecule has 20 heavy (non-hydrogen) atoms. The number of hydrogen-bond acceptors (Lipinski definition) is 5. The zero-order chi connectivity index (χ0) is 15.1. The predicted octanol–water partition coefficient (Wildman–Crippen LogP) is 1.19. The Balaban J connectivity index is 2.88. The molecule has 0 fully saturated rings.